The lowest BCUT2D eigenvalue weighted by atomic mass is 10.0. The van der Waals surface area contributed by atoms with E-state index in [1.807, 2.05) is 58.2 Å². The van der Waals surface area contributed by atoms with Gasteiger partial charge in [0.05, 0.1) is 12.2 Å². The summed E-state index contributed by atoms with van der Waals surface area (Å²) in [5, 5.41) is 8.37. The molecular weight excluding hydrogens is 352 g/mol. The lowest BCUT2D eigenvalue weighted by molar-refractivity contribution is -0.137. The van der Waals surface area contributed by atoms with Crippen LogP contribution in [0.4, 0.5) is 0 Å². The maximum Gasteiger partial charge on any atom is 0.223 e. The normalized spacial score (nSPS) is 14.0. The maximum absolute atomic E-state index is 12.4. The molecule has 0 N–H and O–H groups in total. The zero-order valence-corrected chi connectivity index (χ0v) is 16.0. The molecule has 2 heterocycles. The summed E-state index contributed by atoms with van der Waals surface area (Å²) in [5.41, 5.74) is 3.27. The first-order valence-electron chi connectivity index (χ1n) is 9.60. The second-order valence-electron chi connectivity index (χ2n) is 7.17. The Hall–Kier alpha value is -3.15. The minimum Gasteiger partial charge on any atom is -0.487 e. The van der Waals surface area contributed by atoms with Gasteiger partial charge in [-0.3, -0.25) is 4.79 Å². The summed E-state index contributed by atoms with van der Waals surface area (Å²) in [7, 11) is 0. The number of aryl methyl sites for hydroxylation is 2. The molecule has 1 aliphatic heterocycles. The minimum atomic E-state index is 0.195. The van der Waals surface area contributed by atoms with Crippen LogP contribution in [0, 0.1) is 6.92 Å². The number of likely N-dealkylation sites (tertiary alicyclic amines) is 1. The van der Waals surface area contributed by atoms with Crippen LogP contribution in [0.25, 0.3) is 0 Å². The van der Waals surface area contributed by atoms with Gasteiger partial charge in [-0.15, -0.1) is 5.10 Å². The van der Waals surface area contributed by atoms with E-state index in [1.54, 1.807) is 0 Å². The van der Waals surface area contributed by atoms with Gasteiger partial charge in [-0.2, -0.15) is 0 Å². The van der Waals surface area contributed by atoms with E-state index in [-0.39, 0.29) is 11.9 Å². The fraction of sp³-hybridized carbons (Fsp3) is 0.318. The Balaban J connectivity index is 1.23. The molecule has 0 spiro atoms. The molecule has 0 bridgehead atoms. The number of rotatable bonds is 7. The van der Waals surface area contributed by atoms with Crippen LogP contribution in [0.2, 0.25) is 0 Å². The lowest BCUT2D eigenvalue weighted by Crippen LogP contribution is -2.51. The number of amides is 1. The Kier molecular flexibility index (Phi) is 5.37. The molecule has 1 fully saturated rings. The molecule has 6 heteroatoms. The molecule has 0 aliphatic carbocycles. The van der Waals surface area contributed by atoms with Crippen LogP contribution in [0.5, 0.6) is 5.75 Å². The van der Waals surface area contributed by atoms with Crippen molar-refractivity contribution in [1.82, 2.24) is 19.9 Å². The van der Waals surface area contributed by atoms with Crippen LogP contribution in [0.15, 0.2) is 60.8 Å². The number of hydrogen-bond donors (Lipinski definition) is 0. The third kappa shape index (κ3) is 4.22. The van der Waals surface area contributed by atoms with Gasteiger partial charge in [-0.25, -0.2) is 4.68 Å². The predicted octanol–water partition coefficient (Wildman–Crippen LogP) is 3.18. The monoisotopic (exact) mass is 376 g/mol. The van der Waals surface area contributed by atoms with E-state index in [0.717, 1.165) is 17.9 Å². The zero-order valence-electron chi connectivity index (χ0n) is 16.0. The van der Waals surface area contributed by atoms with E-state index in [4.69, 9.17) is 4.74 Å². The van der Waals surface area contributed by atoms with E-state index in [9.17, 15) is 4.79 Å². The first-order valence-corrected chi connectivity index (χ1v) is 9.60. The maximum atomic E-state index is 12.4. The second kappa shape index (κ2) is 8.25. The van der Waals surface area contributed by atoms with Crippen LogP contribution < -0.4 is 4.74 Å². The first kappa shape index (κ1) is 18.2. The van der Waals surface area contributed by atoms with Crippen molar-refractivity contribution in [3.8, 4) is 5.75 Å². The highest BCUT2D eigenvalue weighted by Gasteiger charge is 2.32. The van der Waals surface area contributed by atoms with E-state index in [2.05, 4.69) is 29.4 Å². The highest BCUT2D eigenvalue weighted by Crippen LogP contribution is 2.22. The van der Waals surface area contributed by atoms with Crippen molar-refractivity contribution >= 4 is 5.91 Å². The van der Waals surface area contributed by atoms with Crippen LogP contribution in [0.1, 0.15) is 29.3 Å². The van der Waals surface area contributed by atoms with Gasteiger partial charge in [0.1, 0.15) is 18.1 Å². The van der Waals surface area contributed by atoms with Crippen molar-refractivity contribution in [1.29, 1.82) is 0 Å². The average Bonchev–Trinajstić information content (AvgIpc) is 3.14. The summed E-state index contributed by atoms with van der Waals surface area (Å²) in [6.45, 7) is 3.85. The molecule has 1 saturated heterocycles. The van der Waals surface area contributed by atoms with Crippen LogP contribution in [-0.2, 0) is 17.8 Å². The van der Waals surface area contributed by atoms with Gasteiger partial charge in [0.15, 0.2) is 0 Å². The summed E-state index contributed by atoms with van der Waals surface area (Å²) in [4.78, 5) is 14.3. The van der Waals surface area contributed by atoms with Gasteiger partial charge in [0.25, 0.3) is 0 Å². The molecule has 28 heavy (non-hydrogen) atoms. The number of hydrogen-bond acceptors (Lipinski definition) is 4. The number of nitrogens with zero attached hydrogens (tertiary/aromatic N) is 4. The van der Waals surface area contributed by atoms with E-state index in [1.165, 1.54) is 11.1 Å². The summed E-state index contributed by atoms with van der Waals surface area (Å²) >= 11 is 0. The summed E-state index contributed by atoms with van der Waals surface area (Å²) in [6.07, 6.45) is 3.24. The van der Waals surface area contributed by atoms with Crippen LogP contribution in [-0.4, -0.2) is 38.9 Å². The first-order chi connectivity index (χ1) is 13.7. The van der Waals surface area contributed by atoms with Crippen LogP contribution in [0.3, 0.4) is 0 Å². The van der Waals surface area contributed by atoms with Gasteiger partial charge in [-0.05, 0) is 36.6 Å². The predicted molar refractivity (Wildman–Crippen MR) is 106 cm³/mol. The summed E-state index contributed by atoms with van der Waals surface area (Å²) in [5.74, 6) is 1.01. The molecule has 1 aromatic heterocycles. The Morgan fingerprint density at radius 1 is 1.11 bits per heavy atom. The Morgan fingerprint density at radius 3 is 2.64 bits per heavy atom. The van der Waals surface area contributed by atoms with Gasteiger partial charge in [0, 0.05) is 19.5 Å². The average molecular weight is 376 g/mol. The van der Waals surface area contributed by atoms with Crippen molar-refractivity contribution in [2.45, 2.75) is 32.4 Å². The molecular formula is C22H24N4O2. The fourth-order valence-electron chi connectivity index (χ4n) is 3.35. The smallest absolute Gasteiger partial charge is 0.223 e. The molecule has 0 radical (unpaired) electrons. The van der Waals surface area contributed by atoms with Gasteiger partial charge in [-0.1, -0.05) is 47.7 Å². The summed E-state index contributed by atoms with van der Waals surface area (Å²) < 4.78 is 7.54. The zero-order chi connectivity index (χ0) is 19.3. The molecule has 144 valence electrons. The molecule has 0 atom stereocenters. The highest BCUT2D eigenvalue weighted by molar-refractivity contribution is 5.77. The fourth-order valence-corrected chi connectivity index (χ4v) is 3.35. The number of aromatic nitrogens is 3. The van der Waals surface area contributed by atoms with Crippen LogP contribution >= 0.6 is 0 Å². The quantitative estimate of drug-likeness (QED) is 0.635. The molecule has 6 nitrogen and oxygen atoms in total. The number of para-hydroxylation sites is 1. The molecule has 2 aromatic carbocycles. The Bertz CT molecular complexity index is 932. The molecule has 1 aliphatic rings. The molecule has 4 rings (SSSR count). The third-order valence-corrected chi connectivity index (χ3v) is 5.15. The topological polar surface area (TPSA) is 60.2 Å². The Morgan fingerprint density at radius 2 is 1.86 bits per heavy atom. The van der Waals surface area contributed by atoms with E-state index >= 15 is 0 Å². The van der Waals surface area contributed by atoms with Crippen molar-refractivity contribution in [2.75, 3.05) is 13.1 Å². The largest absolute Gasteiger partial charge is 0.487 e. The van der Waals surface area contributed by atoms with Crippen molar-refractivity contribution in [3.05, 3.63) is 77.6 Å². The highest BCUT2D eigenvalue weighted by atomic mass is 16.5. The Labute approximate surface area is 164 Å². The molecule has 0 saturated carbocycles. The molecule has 1 amide bonds. The third-order valence-electron chi connectivity index (χ3n) is 5.15. The minimum absolute atomic E-state index is 0.195. The molecule has 0 unspecified atom stereocenters. The standard InChI is InChI=1S/C22H24N4O2/c1-17-7-5-6-8-18(17)11-12-22(27)25-14-20(15-25)26-13-19(23-24-26)16-28-21-9-3-2-4-10-21/h2-10,13,20H,11-12,14-16H2,1H3. The van der Waals surface area contributed by atoms with Crippen molar-refractivity contribution in [3.63, 3.8) is 0 Å². The lowest BCUT2D eigenvalue weighted by Gasteiger charge is -2.39. The SMILES string of the molecule is Cc1ccccc1CCC(=O)N1CC(n2cc(COc3ccccc3)nn2)C1. The number of carbonyl (C=O) groups is 1. The van der Waals surface area contributed by atoms with E-state index in [0.29, 0.717) is 26.1 Å². The summed E-state index contributed by atoms with van der Waals surface area (Å²) in [6, 6.07) is 18.1. The van der Waals surface area contributed by atoms with E-state index < -0.39 is 0 Å². The number of carbonyl (C=O) groups excluding carboxylic acids is 1. The van der Waals surface area contributed by atoms with Crippen molar-refractivity contribution < 1.29 is 9.53 Å². The van der Waals surface area contributed by atoms with Crippen molar-refractivity contribution in [2.24, 2.45) is 0 Å². The number of ether oxygens (including phenoxy) is 1. The van der Waals surface area contributed by atoms with Gasteiger partial charge in [0.2, 0.25) is 5.91 Å². The number of benzene rings is 2. The van der Waals surface area contributed by atoms with Gasteiger partial charge >= 0.3 is 0 Å². The second-order valence-corrected chi connectivity index (χ2v) is 7.17. The molecule has 3 aromatic rings. The van der Waals surface area contributed by atoms with Gasteiger partial charge < -0.3 is 9.64 Å².